The van der Waals surface area contributed by atoms with Crippen LogP contribution in [0.1, 0.15) is 31.7 Å². The summed E-state index contributed by atoms with van der Waals surface area (Å²) in [6.07, 6.45) is 1.04. The molecule has 0 fully saturated rings. The molecule has 2 unspecified atom stereocenters. The van der Waals surface area contributed by atoms with Gasteiger partial charge in [0.1, 0.15) is 0 Å². The fourth-order valence-corrected chi connectivity index (χ4v) is 3.10. The third kappa shape index (κ3) is 3.55. The van der Waals surface area contributed by atoms with Gasteiger partial charge in [-0.1, -0.05) is 26.0 Å². The first-order valence-corrected chi connectivity index (χ1v) is 7.98. The molecule has 0 spiro atoms. The molecular formula is C14H24N2O2S. The van der Waals surface area contributed by atoms with E-state index in [4.69, 9.17) is 0 Å². The Morgan fingerprint density at radius 2 is 1.74 bits per heavy atom. The molecule has 1 rings (SSSR count). The summed E-state index contributed by atoms with van der Waals surface area (Å²) in [5, 5.41) is 3.29. The van der Waals surface area contributed by atoms with Gasteiger partial charge < -0.3 is 5.32 Å². The van der Waals surface area contributed by atoms with E-state index in [0.29, 0.717) is 16.9 Å². The van der Waals surface area contributed by atoms with Crippen molar-refractivity contribution >= 4 is 10.0 Å². The summed E-state index contributed by atoms with van der Waals surface area (Å²) in [5.74, 6) is 0.353. The van der Waals surface area contributed by atoms with Crippen molar-refractivity contribution in [1.82, 2.24) is 9.62 Å². The first-order valence-electron chi connectivity index (χ1n) is 6.54. The van der Waals surface area contributed by atoms with E-state index in [-0.39, 0.29) is 0 Å². The lowest BCUT2D eigenvalue weighted by Crippen LogP contribution is -2.29. The summed E-state index contributed by atoms with van der Waals surface area (Å²) in [6.45, 7) is 4.29. The fraction of sp³-hybridized carbons (Fsp3) is 0.571. The lowest BCUT2D eigenvalue weighted by molar-refractivity contribution is 0.472. The maximum absolute atomic E-state index is 12.0. The molecule has 0 heterocycles. The van der Waals surface area contributed by atoms with E-state index in [9.17, 15) is 8.42 Å². The van der Waals surface area contributed by atoms with Gasteiger partial charge >= 0.3 is 0 Å². The zero-order valence-electron chi connectivity index (χ0n) is 12.3. The van der Waals surface area contributed by atoms with Crippen molar-refractivity contribution in [2.24, 2.45) is 0 Å². The van der Waals surface area contributed by atoms with Gasteiger partial charge in [-0.25, -0.2) is 12.7 Å². The van der Waals surface area contributed by atoms with Gasteiger partial charge in [0.2, 0.25) is 10.0 Å². The van der Waals surface area contributed by atoms with Gasteiger partial charge in [0.05, 0.1) is 4.90 Å². The van der Waals surface area contributed by atoms with Gasteiger partial charge in [0, 0.05) is 20.1 Å². The lowest BCUT2D eigenvalue weighted by Gasteiger charge is -2.23. The largest absolute Gasteiger partial charge is 0.316 e. The van der Waals surface area contributed by atoms with Crippen molar-refractivity contribution in [3.63, 3.8) is 0 Å². The molecule has 0 aromatic heterocycles. The molecule has 5 heteroatoms. The van der Waals surface area contributed by atoms with Crippen LogP contribution < -0.4 is 5.32 Å². The zero-order chi connectivity index (χ0) is 14.6. The maximum Gasteiger partial charge on any atom is 0.242 e. The molecule has 0 radical (unpaired) electrons. The quantitative estimate of drug-likeness (QED) is 0.869. The van der Waals surface area contributed by atoms with Crippen LogP contribution in [-0.2, 0) is 10.0 Å². The van der Waals surface area contributed by atoms with Crippen LogP contribution in [0.3, 0.4) is 0 Å². The number of nitrogens with zero attached hydrogens (tertiary/aromatic N) is 1. The summed E-state index contributed by atoms with van der Waals surface area (Å²) in [6, 6.07) is 7.58. The van der Waals surface area contributed by atoms with Crippen LogP contribution in [0.25, 0.3) is 0 Å². The van der Waals surface area contributed by atoms with Crippen LogP contribution in [0, 0.1) is 0 Å². The van der Waals surface area contributed by atoms with Crippen molar-refractivity contribution < 1.29 is 8.42 Å². The Balaban J connectivity index is 3.00. The highest BCUT2D eigenvalue weighted by Gasteiger charge is 2.19. The lowest BCUT2D eigenvalue weighted by atomic mass is 9.92. The van der Waals surface area contributed by atoms with Crippen molar-refractivity contribution in [3.05, 3.63) is 29.8 Å². The highest BCUT2D eigenvalue weighted by molar-refractivity contribution is 7.89. The van der Waals surface area contributed by atoms with Crippen LogP contribution >= 0.6 is 0 Å². The van der Waals surface area contributed by atoms with Crippen molar-refractivity contribution in [1.29, 1.82) is 0 Å². The SMILES string of the molecule is CCC(NC)C(C)c1ccc(S(=O)(=O)N(C)C)cc1. The maximum atomic E-state index is 12.0. The van der Waals surface area contributed by atoms with Crippen LogP contribution in [0.2, 0.25) is 0 Å². The van der Waals surface area contributed by atoms with Crippen LogP contribution in [0.4, 0.5) is 0 Å². The minimum Gasteiger partial charge on any atom is -0.316 e. The molecule has 2 atom stereocenters. The first-order chi connectivity index (χ1) is 8.84. The third-order valence-electron chi connectivity index (χ3n) is 3.60. The monoisotopic (exact) mass is 284 g/mol. The number of rotatable bonds is 6. The van der Waals surface area contributed by atoms with Crippen LogP contribution in [0.5, 0.6) is 0 Å². The summed E-state index contributed by atoms with van der Waals surface area (Å²) >= 11 is 0. The molecule has 0 saturated heterocycles. The Kier molecular flexibility index (Phi) is 5.52. The second-order valence-corrected chi connectivity index (χ2v) is 7.10. The van der Waals surface area contributed by atoms with E-state index in [1.165, 1.54) is 4.31 Å². The molecule has 19 heavy (non-hydrogen) atoms. The topological polar surface area (TPSA) is 49.4 Å². The number of benzene rings is 1. The fourth-order valence-electron chi connectivity index (χ4n) is 2.19. The van der Waals surface area contributed by atoms with E-state index in [1.54, 1.807) is 26.2 Å². The normalized spacial score (nSPS) is 15.5. The number of sulfonamides is 1. The van der Waals surface area contributed by atoms with E-state index in [1.807, 2.05) is 19.2 Å². The molecule has 0 aliphatic heterocycles. The molecule has 0 aliphatic rings. The van der Waals surface area contributed by atoms with E-state index in [0.717, 1.165) is 12.0 Å². The molecule has 0 aliphatic carbocycles. The minimum atomic E-state index is -3.33. The van der Waals surface area contributed by atoms with Gasteiger partial charge in [-0.15, -0.1) is 0 Å². The molecule has 108 valence electrons. The minimum absolute atomic E-state index is 0.339. The highest BCUT2D eigenvalue weighted by atomic mass is 32.2. The Bertz CT molecular complexity index is 491. The van der Waals surface area contributed by atoms with E-state index in [2.05, 4.69) is 19.2 Å². The standard InChI is InChI=1S/C14H24N2O2S/c1-6-14(15-3)11(2)12-7-9-13(10-8-12)19(17,18)16(4)5/h7-11,14-15H,6H2,1-5H3. The average molecular weight is 284 g/mol. The summed E-state index contributed by atoms with van der Waals surface area (Å²) < 4.78 is 25.2. The predicted octanol–water partition coefficient (Wildman–Crippen LogP) is 2.04. The second kappa shape index (κ2) is 6.50. The van der Waals surface area contributed by atoms with Gasteiger partial charge in [0.15, 0.2) is 0 Å². The van der Waals surface area contributed by atoms with Gasteiger partial charge in [-0.2, -0.15) is 0 Å². The second-order valence-electron chi connectivity index (χ2n) is 4.95. The molecule has 1 aromatic rings. The molecule has 1 aromatic carbocycles. The molecule has 1 N–H and O–H groups in total. The summed E-state index contributed by atoms with van der Waals surface area (Å²) in [5.41, 5.74) is 1.15. The van der Waals surface area contributed by atoms with Crippen LogP contribution in [-0.4, -0.2) is 39.9 Å². The summed E-state index contributed by atoms with van der Waals surface area (Å²) in [4.78, 5) is 0.339. The molecular weight excluding hydrogens is 260 g/mol. The predicted molar refractivity (Wildman–Crippen MR) is 78.9 cm³/mol. The first kappa shape index (κ1) is 16.1. The zero-order valence-corrected chi connectivity index (χ0v) is 13.2. The molecule has 0 saturated carbocycles. The third-order valence-corrected chi connectivity index (χ3v) is 5.43. The van der Waals surface area contributed by atoms with Gasteiger partial charge in [0.25, 0.3) is 0 Å². The highest BCUT2D eigenvalue weighted by Crippen LogP contribution is 2.23. The molecule has 0 amide bonds. The Labute approximate surface area is 116 Å². The van der Waals surface area contributed by atoms with Crippen molar-refractivity contribution in [3.8, 4) is 0 Å². The van der Waals surface area contributed by atoms with Gasteiger partial charge in [-0.3, -0.25) is 0 Å². The smallest absolute Gasteiger partial charge is 0.242 e. The van der Waals surface area contributed by atoms with Crippen molar-refractivity contribution in [2.75, 3.05) is 21.1 Å². The Morgan fingerprint density at radius 1 is 1.21 bits per heavy atom. The molecule has 0 bridgehead atoms. The number of hydrogen-bond donors (Lipinski definition) is 1. The summed E-state index contributed by atoms with van der Waals surface area (Å²) in [7, 11) is 1.70. The number of likely N-dealkylation sites (N-methyl/N-ethyl adjacent to an activating group) is 1. The Hall–Kier alpha value is -0.910. The van der Waals surface area contributed by atoms with Crippen LogP contribution in [0.15, 0.2) is 29.2 Å². The van der Waals surface area contributed by atoms with Gasteiger partial charge in [-0.05, 0) is 37.1 Å². The number of hydrogen-bond acceptors (Lipinski definition) is 3. The average Bonchev–Trinajstić information content (AvgIpc) is 2.40. The van der Waals surface area contributed by atoms with E-state index < -0.39 is 10.0 Å². The Morgan fingerprint density at radius 3 is 2.11 bits per heavy atom. The molecule has 4 nitrogen and oxygen atoms in total. The number of nitrogens with one attached hydrogen (secondary N) is 1. The van der Waals surface area contributed by atoms with Crippen molar-refractivity contribution in [2.45, 2.75) is 37.1 Å². The van der Waals surface area contributed by atoms with E-state index >= 15 is 0 Å².